The number of hydrogen-bond acceptors (Lipinski definition) is 1. The van der Waals surface area contributed by atoms with Crippen molar-refractivity contribution in [1.29, 1.82) is 0 Å². The molecule has 0 aromatic heterocycles. The Morgan fingerprint density at radius 1 is 1.44 bits per heavy atom. The number of allylic oxidation sites excluding steroid dienone is 4. The molecule has 1 nitrogen and oxygen atoms in total. The average Bonchev–Trinajstić information content (AvgIpc) is 2.26. The molecule has 0 saturated carbocycles. The quantitative estimate of drug-likeness (QED) is 0.690. The summed E-state index contributed by atoms with van der Waals surface area (Å²) in [6.45, 7) is 8.29. The largest absolute Gasteiger partial charge is 0.300 e. The van der Waals surface area contributed by atoms with Gasteiger partial charge in [0.1, 0.15) is 5.78 Å². The van der Waals surface area contributed by atoms with Gasteiger partial charge < -0.3 is 0 Å². The maximum Gasteiger partial charge on any atom is 0.133 e. The zero-order valence-corrected chi connectivity index (χ0v) is 11.0. The number of carbonyl (C=O) groups is 1. The summed E-state index contributed by atoms with van der Waals surface area (Å²) in [4.78, 5) is 11.5. The van der Waals surface area contributed by atoms with Gasteiger partial charge in [0.15, 0.2) is 0 Å². The van der Waals surface area contributed by atoms with E-state index >= 15 is 0 Å². The van der Waals surface area contributed by atoms with Gasteiger partial charge in [0.25, 0.3) is 0 Å². The molecule has 0 radical (unpaired) electrons. The van der Waals surface area contributed by atoms with Crippen LogP contribution in [0.1, 0.15) is 53.4 Å². The third-order valence-corrected chi connectivity index (χ3v) is 3.65. The molecular weight excluding hydrogens is 196 g/mol. The van der Waals surface area contributed by atoms with Gasteiger partial charge in [-0.2, -0.15) is 0 Å². The maximum absolute atomic E-state index is 11.5. The fourth-order valence-corrected chi connectivity index (χ4v) is 2.33. The molecule has 0 aromatic carbocycles. The molecule has 0 bridgehead atoms. The molecule has 0 saturated heterocycles. The lowest BCUT2D eigenvalue weighted by Crippen LogP contribution is -2.21. The summed E-state index contributed by atoms with van der Waals surface area (Å²) in [5, 5.41) is 0. The van der Waals surface area contributed by atoms with Crippen molar-refractivity contribution >= 4 is 5.78 Å². The lowest BCUT2D eigenvalue weighted by molar-refractivity contribution is -0.121. The summed E-state index contributed by atoms with van der Waals surface area (Å²) in [7, 11) is 0. The van der Waals surface area contributed by atoms with Crippen LogP contribution in [0.5, 0.6) is 0 Å². The molecule has 90 valence electrons. The van der Waals surface area contributed by atoms with E-state index < -0.39 is 0 Å². The number of rotatable bonds is 4. The van der Waals surface area contributed by atoms with E-state index in [-0.39, 0.29) is 5.92 Å². The van der Waals surface area contributed by atoms with Gasteiger partial charge in [-0.25, -0.2) is 0 Å². The van der Waals surface area contributed by atoms with Crippen molar-refractivity contribution in [2.24, 2.45) is 11.8 Å². The van der Waals surface area contributed by atoms with Crippen molar-refractivity contribution in [2.75, 3.05) is 0 Å². The van der Waals surface area contributed by atoms with Crippen LogP contribution in [0.15, 0.2) is 23.3 Å². The Morgan fingerprint density at radius 2 is 2.12 bits per heavy atom. The van der Waals surface area contributed by atoms with Crippen LogP contribution >= 0.6 is 0 Å². The van der Waals surface area contributed by atoms with Crippen LogP contribution in [-0.4, -0.2) is 5.78 Å². The number of Topliss-reactive ketones (excluding diaryl/α,β-unsaturated/α-hetero) is 1. The third-order valence-electron chi connectivity index (χ3n) is 3.65. The monoisotopic (exact) mass is 220 g/mol. The maximum atomic E-state index is 11.5. The Labute approximate surface area is 99.6 Å². The molecule has 0 spiro atoms. The van der Waals surface area contributed by atoms with E-state index in [9.17, 15) is 4.79 Å². The van der Waals surface area contributed by atoms with Crippen LogP contribution in [-0.2, 0) is 4.79 Å². The van der Waals surface area contributed by atoms with Crippen molar-refractivity contribution in [3.63, 3.8) is 0 Å². The van der Waals surface area contributed by atoms with Crippen molar-refractivity contribution in [3.05, 3.63) is 23.3 Å². The Hall–Kier alpha value is -0.850. The van der Waals surface area contributed by atoms with E-state index in [4.69, 9.17) is 0 Å². The SMILES string of the molecule is CCCC/C(C)=C1/C=C[C@H](C)[C@H](C(C)=O)C1. The van der Waals surface area contributed by atoms with Gasteiger partial charge in [-0.3, -0.25) is 4.79 Å². The molecule has 0 aliphatic heterocycles. The highest BCUT2D eigenvalue weighted by molar-refractivity contribution is 5.79. The summed E-state index contributed by atoms with van der Waals surface area (Å²) >= 11 is 0. The van der Waals surface area contributed by atoms with Crippen LogP contribution in [0.25, 0.3) is 0 Å². The first-order valence-corrected chi connectivity index (χ1v) is 6.43. The predicted molar refractivity (Wildman–Crippen MR) is 69.3 cm³/mol. The first-order chi connectivity index (χ1) is 7.56. The normalized spacial score (nSPS) is 28.0. The lowest BCUT2D eigenvalue weighted by atomic mass is 9.79. The highest BCUT2D eigenvalue weighted by Crippen LogP contribution is 2.31. The topological polar surface area (TPSA) is 17.1 Å². The minimum Gasteiger partial charge on any atom is -0.300 e. The van der Waals surface area contributed by atoms with E-state index in [1.54, 1.807) is 6.92 Å². The van der Waals surface area contributed by atoms with Gasteiger partial charge in [-0.15, -0.1) is 0 Å². The second-order valence-corrected chi connectivity index (χ2v) is 5.05. The standard InChI is InChI=1S/C15H24O/c1-5-6-7-11(2)14-9-8-12(3)15(10-14)13(4)16/h8-9,12,15H,5-7,10H2,1-4H3/b14-11-/t12-,15+/m0/s1. The van der Waals surface area contributed by atoms with Crippen molar-refractivity contribution in [1.82, 2.24) is 0 Å². The second kappa shape index (κ2) is 6.03. The fraction of sp³-hybridized carbons (Fsp3) is 0.667. The molecule has 0 unspecified atom stereocenters. The van der Waals surface area contributed by atoms with Gasteiger partial charge in [0, 0.05) is 5.92 Å². The second-order valence-electron chi connectivity index (χ2n) is 5.05. The molecule has 0 fully saturated rings. The molecule has 1 aliphatic carbocycles. The summed E-state index contributed by atoms with van der Waals surface area (Å²) in [5.41, 5.74) is 2.86. The van der Waals surface area contributed by atoms with Crippen LogP contribution in [0.4, 0.5) is 0 Å². The molecule has 1 aliphatic rings. The minimum atomic E-state index is 0.205. The molecule has 0 N–H and O–H groups in total. The molecule has 2 atom stereocenters. The van der Waals surface area contributed by atoms with Gasteiger partial charge in [0.05, 0.1) is 0 Å². The van der Waals surface area contributed by atoms with Gasteiger partial charge in [0.2, 0.25) is 0 Å². The Kier molecular flexibility index (Phi) is 4.98. The van der Waals surface area contributed by atoms with Gasteiger partial charge in [-0.1, -0.05) is 38.0 Å². The summed E-state index contributed by atoms with van der Waals surface area (Å²) in [6.07, 6.45) is 9.04. The lowest BCUT2D eigenvalue weighted by Gasteiger charge is -2.25. The molecule has 1 heteroatoms. The zero-order chi connectivity index (χ0) is 12.1. The first-order valence-electron chi connectivity index (χ1n) is 6.43. The number of unbranched alkanes of at least 4 members (excludes halogenated alkanes) is 1. The van der Waals surface area contributed by atoms with E-state index in [0.717, 1.165) is 6.42 Å². The Bertz CT molecular complexity index is 309. The van der Waals surface area contributed by atoms with Crippen molar-refractivity contribution in [2.45, 2.75) is 53.4 Å². The number of carbonyl (C=O) groups excluding carboxylic acids is 1. The third kappa shape index (κ3) is 3.33. The van der Waals surface area contributed by atoms with Gasteiger partial charge in [-0.05, 0) is 44.6 Å². The van der Waals surface area contributed by atoms with Crippen LogP contribution in [0.2, 0.25) is 0 Å². The molecule has 0 amide bonds. The van der Waals surface area contributed by atoms with Crippen LogP contribution in [0.3, 0.4) is 0 Å². The van der Waals surface area contributed by atoms with Crippen molar-refractivity contribution in [3.8, 4) is 0 Å². The molecular formula is C15H24O. The highest BCUT2D eigenvalue weighted by atomic mass is 16.1. The molecule has 1 rings (SSSR count). The van der Waals surface area contributed by atoms with Gasteiger partial charge >= 0.3 is 0 Å². The minimum absolute atomic E-state index is 0.205. The van der Waals surface area contributed by atoms with E-state index in [1.807, 2.05) is 0 Å². The van der Waals surface area contributed by atoms with Crippen LogP contribution in [0, 0.1) is 11.8 Å². The smallest absolute Gasteiger partial charge is 0.133 e. The zero-order valence-electron chi connectivity index (χ0n) is 11.0. The van der Waals surface area contributed by atoms with E-state index in [2.05, 4.69) is 32.9 Å². The summed E-state index contributed by atoms with van der Waals surface area (Å²) in [6, 6.07) is 0. The molecule has 0 heterocycles. The molecule has 0 aromatic rings. The van der Waals surface area contributed by atoms with E-state index in [0.29, 0.717) is 11.7 Å². The van der Waals surface area contributed by atoms with Crippen LogP contribution < -0.4 is 0 Å². The number of hydrogen-bond donors (Lipinski definition) is 0. The summed E-state index contributed by atoms with van der Waals surface area (Å²) < 4.78 is 0. The van der Waals surface area contributed by atoms with Crippen molar-refractivity contribution < 1.29 is 4.79 Å². The predicted octanol–water partition coefficient (Wildman–Crippen LogP) is 4.29. The summed E-state index contributed by atoms with van der Waals surface area (Å²) in [5.74, 6) is 0.939. The highest BCUT2D eigenvalue weighted by Gasteiger charge is 2.24. The Morgan fingerprint density at radius 3 is 2.69 bits per heavy atom. The van der Waals surface area contributed by atoms with E-state index in [1.165, 1.54) is 30.4 Å². The fourth-order valence-electron chi connectivity index (χ4n) is 2.33. The first kappa shape index (κ1) is 13.2. The number of ketones is 1. The molecule has 16 heavy (non-hydrogen) atoms. The Balaban J connectivity index is 2.77. The average molecular weight is 220 g/mol.